The number of hydrogen-bond donors (Lipinski definition) is 2. The Morgan fingerprint density at radius 1 is 1.37 bits per heavy atom. The number of para-hydroxylation sites is 1. The van der Waals surface area contributed by atoms with Gasteiger partial charge in [0.05, 0.1) is 5.69 Å². The number of anilines is 1. The molecule has 0 spiro atoms. The molecular formula is C13H14ClN3O2. The molecule has 0 aliphatic rings. The maximum absolute atomic E-state index is 12.0. The Morgan fingerprint density at radius 3 is 2.63 bits per heavy atom. The molecule has 0 aliphatic carbocycles. The van der Waals surface area contributed by atoms with Gasteiger partial charge in [0.25, 0.3) is 0 Å². The molecule has 2 N–H and O–H groups in total. The van der Waals surface area contributed by atoms with Crippen molar-refractivity contribution in [2.24, 2.45) is 0 Å². The summed E-state index contributed by atoms with van der Waals surface area (Å²) >= 11 is 6.28. The first-order valence-electron chi connectivity index (χ1n) is 5.84. The monoisotopic (exact) mass is 279 g/mol. The molecule has 1 aromatic carbocycles. The SMILES string of the molecule is CNc1nc(=O)n(-c2ccccc2)c(Cl)c1CCO. The molecule has 0 saturated carbocycles. The van der Waals surface area contributed by atoms with Gasteiger partial charge < -0.3 is 10.4 Å². The van der Waals surface area contributed by atoms with Gasteiger partial charge in [0.1, 0.15) is 11.0 Å². The van der Waals surface area contributed by atoms with Crippen molar-refractivity contribution in [1.82, 2.24) is 9.55 Å². The lowest BCUT2D eigenvalue weighted by atomic mass is 10.2. The van der Waals surface area contributed by atoms with Crippen molar-refractivity contribution in [3.05, 3.63) is 51.5 Å². The van der Waals surface area contributed by atoms with E-state index in [-0.39, 0.29) is 11.8 Å². The van der Waals surface area contributed by atoms with Gasteiger partial charge in [-0.05, 0) is 12.1 Å². The zero-order chi connectivity index (χ0) is 13.8. The molecule has 0 bridgehead atoms. The van der Waals surface area contributed by atoms with E-state index in [1.54, 1.807) is 19.2 Å². The molecule has 2 aromatic rings. The number of nitrogens with one attached hydrogen (secondary N) is 1. The minimum atomic E-state index is -0.456. The largest absolute Gasteiger partial charge is 0.396 e. The fourth-order valence-corrected chi connectivity index (χ4v) is 2.22. The van der Waals surface area contributed by atoms with Crippen LogP contribution in [0.15, 0.2) is 35.1 Å². The van der Waals surface area contributed by atoms with Crippen molar-refractivity contribution in [2.45, 2.75) is 6.42 Å². The second kappa shape index (κ2) is 5.86. The van der Waals surface area contributed by atoms with E-state index < -0.39 is 5.69 Å². The Bertz CT molecular complexity index is 626. The summed E-state index contributed by atoms with van der Waals surface area (Å²) in [4.78, 5) is 16.0. The standard InChI is InChI=1S/C13H14ClN3O2/c1-15-12-10(7-8-18)11(14)17(13(19)16-12)9-5-3-2-4-6-9/h2-6,18H,7-8H2,1H3,(H,15,16,19). The summed E-state index contributed by atoms with van der Waals surface area (Å²) in [6.07, 6.45) is 0.328. The third-order valence-corrected chi connectivity index (χ3v) is 3.14. The highest BCUT2D eigenvalue weighted by molar-refractivity contribution is 6.30. The predicted molar refractivity (Wildman–Crippen MR) is 75.2 cm³/mol. The van der Waals surface area contributed by atoms with Crippen LogP contribution in [0.4, 0.5) is 5.82 Å². The lowest BCUT2D eigenvalue weighted by Crippen LogP contribution is -2.25. The number of halogens is 1. The number of aliphatic hydroxyl groups excluding tert-OH is 1. The Hall–Kier alpha value is -1.85. The van der Waals surface area contributed by atoms with Crippen LogP contribution < -0.4 is 11.0 Å². The summed E-state index contributed by atoms with van der Waals surface area (Å²) in [5.41, 5.74) is 0.809. The summed E-state index contributed by atoms with van der Waals surface area (Å²) < 4.78 is 1.33. The van der Waals surface area contributed by atoms with E-state index in [1.807, 2.05) is 18.2 Å². The van der Waals surface area contributed by atoms with Gasteiger partial charge in [0, 0.05) is 25.6 Å². The Morgan fingerprint density at radius 2 is 2.05 bits per heavy atom. The average molecular weight is 280 g/mol. The number of benzene rings is 1. The van der Waals surface area contributed by atoms with Gasteiger partial charge in [-0.25, -0.2) is 4.79 Å². The van der Waals surface area contributed by atoms with Crippen molar-refractivity contribution in [1.29, 1.82) is 0 Å². The summed E-state index contributed by atoms with van der Waals surface area (Å²) in [6, 6.07) is 9.03. The first-order valence-corrected chi connectivity index (χ1v) is 6.22. The molecule has 19 heavy (non-hydrogen) atoms. The minimum absolute atomic E-state index is 0.0664. The first kappa shape index (κ1) is 13.6. The number of aliphatic hydroxyl groups is 1. The molecule has 5 nitrogen and oxygen atoms in total. The quantitative estimate of drug-likeness (QED) is 0.832. The van der Waals surface area contributed by atoms with Crippen LogP contribution in [0.2, 0.25) is 5.15 Å². The Balaban J connectivity index is 2.69. The van der Waals surface area contributed by atoms with E-state index >= 15 is 0 Å². The molecule has 2 rings (SSSR count). The van der Waals surface area contributed by atoms with Crippen LogP contribution in [-0.4, -0.2) is 28.3 Å². The van der Waals surface area contributed by atoms with Crippen molar-refractivity contribution < 1.29 is 5.11 Å². The number of aromatic nitrogens is 2. The number of rotatable bonds is 4. The van der Waals surface area contributed by atoms with Gasteiger partial charge in [-0.3, -0.25) is 4.57 Å². The van der Waals surface area contributed by atoms with Gasteiger partial charge in [-0.1, -0.05) is 29.8 Å². The van der Waals surface area contributed by atoms with Crippen molar-refractivity contribution in [2.75, 3.05) is 19.0 Å². The fourth-order valence-electron chi connectivity index (χ4n) is 1.87. The first-order chi connectivity index (χ1) is 9.19. The maximum Gasteiger partial charge on any atom is 0.355 e. The van der Waals surface area contributed by atoms with Crippen LogP contribution in [-0.2, 0) is 6.42 Å². The molecule has 6 heteroatoms. The van der Waals surface area contributed by atoms with E-state index in [1.165, 1.54) is 4.57 Å². The molecule has 0 saturated heterocycles. The van der Waals surface area contributed by atoms with Gasteiger partial charge in [-0.2, -0.15) is 4.98 Å². The molecule has 0 radical (unpaired) electrons. The highest BCUT2D eigenvalue weighted by Gasteiger charge is 2.15. The van der Waals surface area contributed by atoms with Gasteiger partial charge >= 0.3 is 5.69 Å². The van der Waals surface area contributed by atoms with Crippen molar-refractivity contribution in [3.8, 4) is 5.69 Å². The third kappa shape index (κ3) is 2.62. The summed E-state index contributed by atoms with van der Waals surface area (Å²) in [5.74, 6) is 0.399. The number of hydrogen-bond acceptors (Lipinski definition) is 4. The van der Waals surface area contributed by atoms with Crippen molar-refractivity contribution in [3.63, 3.8) is 0 Å². The van der Waals surface area contributed by atoms with Gasteiger partial charge in [0.15, 0.2) is 0 Å². The molecule has 0 amide bonds. The molecule has 100 valence electrons. The lowest BCUT2D eigenvalue weighted by Gasteiger charge is -2.14. The third-order valence-electron chi connectivity index (χ3n) is 2.74. The molecule has 0 aliphatic heterocycles. The van der Waals surface area contributed by atoms with Crippen LogP contribution in [0, 0.1) is 0 Å². The summed E-state index contributed by atoms with van der Waals surface area (Å²) in [6.45, 7) is -0.0664. The van der Waals surface area contributed by atoms with Crippen LogP contribution in [0.1, 0.15) is 5.56 Å². The van der Waals surface area contributed by atoms with Crippen LogP contribution in [0.3, 0.4) is 0 Å². The molecule has 0 fully saturated rings. The van der Waals surface area contributed by atoms with E-state index in [9.17, 15) is 4.79 Å². The lowest BCUT2D eigenvalue weighted by molar-refractivity contribution is 0.299. The van der Waals surface area contributed by atoms with E-state index in [0.717, 1.165) is 0 Å². The fraction of sp³-hybridized carbons (Fsp3) is 0.231. The van der Waals surface area contributed by atoms with Crippen LogP contribution >= 0.6 is 11.6 Å². The molecule has 1 heterocycles. The zero-order valence-corrected chi connectivity index (χ0v) is 11.2. The molecular weight excluding hydrogens is 266 g/mol. The second-order valence-electron chi connectivity index (χ2n) is 3.91. The van der Waals surface area contributed by atoms with Gasteiger partial charge in [0.2, 0.25) is 0 Å². The Labute approximate surface area is 115 Å². The highest BCUT2D eigenvalue weighted by Crippen LogP contribution is 2.23. The summed E-state index contributed by atoms with van der Waals surface area (Å²) in [7, 11) is 1.66. The normalized spacial score (nSPS) is 10.5. The maximum atomic E-state index is 12.0. The topological polar surface area (TPSA) is 67.2 Å². The minimum Gasteiger partial charge on any atom is -0.396 e. The van der Waals surface area contributed by atoms with Crippen LogP contribution in [0.5, 0.6) is 0 Å². The zero-order valence-electron chi connectivity index (χ0n) is 10.4. The summed E-state index contributed by atoms with van der Waals surface area (Å²) in [5, 5.41) is 12.2. The van der Waals surface area contributed by atoms with E-state index in [0.29, 0.717) is 23.5 Å². The van der Waals surface area contributed by atoms with Crippen molar-refractivity contribution >= 4 is 17.4 Å². The highest BCUT2D eigenvalue weighted by atomic mass is 35.5. The van der Waals surface area contributed by atoms with E-state index in [2.05, 4.69) is 10.3 Å². The van der Waals surface area contributed by atoms with Crippen LogP contribution in [0.25, 0.3) is 5.69 Å². The van der Waals surface area contributed by atoms with Gasteiger partial charge in [-0.15, -0.1) is 0 Å². The predicted octanol–water partition coefficient (Wildman–Crippen LogP) is 1.46. The number of nitrogens with zero attached hydrogens (tertiary/aromatic N) is 2. The second-order valence-corrected chi connectivity index (χ2v) is 4.26. The molecule has 0 atom stereocenters. The molecule has 0 unspecified atom stereocenters. The Kier molecular flexibility index (Phi) is 4.19. The smallest absolute Gasteiger partial charge is 0.355 e. The average Bonchev–Trinajstić information content (AvgIpc) is 2.43. The van der Waals surface area contributed by atoms with E-state index in [4.69, 9.17) is 16.7 Å². The molecule has 1 aromatic heterocycles.